The van der Waals surface area contributed by atoms with Crippen LogP contribution in [-0.4, -0.2) is 16.9 Å². The molecule has 0 saturated carbocycles. The molecule has 122 valence electrons. The lowest BCUT2D eigenvalue weighted by molar-refractivity contribution is -0.122. The lowest BCUT2D eigenvalue weighted by Gasteiger charge is -2.29. The molecule has 0 bridgehead atoms. The number of aryl methyl sites for hydroxylation is 1. The van der Waals surface area contributed by atoms with E-state index in [9.17, 15) is 9.59 Å². The van der Waals surface area contributed by atoms with E-state index in [4.69, 9.17) is 16.6 Å². The highest BCUT2D eigenvalue weighted by atomic mass is 127. The summed E-state index contributed by atoms with van der Waals surface area (Å²) in [7, 11) is 0. The molecule has 24 heavy (non-hydrogen) atoms. The van der Waals surface area contributed by atoms with Gasteiger partial charge in [-0.1, -0.05) is 15.9 Å². The van der Waals surface area contributed by atoms with Crippen molar-refractivity contribution < 1.29 is 14.0 Å². The average molecular weight is 517 g/mol. The Morgan fingerprint density at radius 2 is 2.04 bits per heavy atom. The predicted octanol–water partition coefficient (Wildman–Crippen LogP) is 3.79. The third-order valence-electron chi connectivity index (χ3n) is 3.38. The zero-order chi connectivity index (χ0) is 17.4. The molecule has 2 aromatic rings. The van der Waals surface area contributed by atoms with Crippen LogP contribution >= 0.6 is 50.7 Å². The van der Waals surface area contributed by atoms with Crippen molar-refractivity contribution in [2.75, 3.05) is 4.90 Å². The second-order valence-electron chi connectivity index (χ2n) is 5.03. The Balaban J connectivity index is 2.04. The quantitative estimate of drug-likeness (QED) is 0.285. The molecule has 0 aliphatic carbocycles. The maximum absolute atomic E-state index is 12.8. The molecule has 0 unspecified atom stereocenters. The molecular formula is C16H10BrIN2O3S. The van der Waals surface area contributed by atoms with E-state index in [0.29, 0.717) is 15.2 Å². The Kier molecular flexibility index (Phi) is 4.88. The average Bonchev–Trinajstić information content (AvgIpc) is 2.91. The Morgan fingerprint density at radius 1 is 1.29 bits per heavy atom. The molecule has 3 rings (SSSR count). The van der Waals surface area contributed by atoms with E-state index in [1.807, 2.05) is 41.6 Å². The SMILES string of the molecule is Cc1cc(Br)ccc1N1C(=O)/C(=C/c2ccc(I)o2)C(=O)NC1=S. The van der Waals surface area contributed by atoms with Gasteiger partial charge in [0.1, 0.15) is 11.3 Å². The molecule has 1 fully saturated rings. The molecule has 2 heterocycles. The lowest BCUT2D eigenvalue weighted by Crippen LogP contribution is -2.54. The molecule has 8 heteroatoms. The van der Waals surface area contributed by atoms with E-state index in [0.717, 1.165) is 10.0 Å². The van der Waals surface area contributed by atoms with Gasteiger partial charge in [-0.05, 0) is 83.7 Å². The van der Waals surface area contributed by atoms with Gasteiger partial charge in [0.05, 0.1) is 5.69 Å². The van der Waals surface area contributed by atoms with Gasteiger partial charge in [-0.2, -0.15) is 0 Å². The van der Waals surface area contributed by atoms with Crippen LogP contribution in [0.3, 0.4) is 0 Å². The Labute approximate surface area is 165 Å². The third kappa shape index (κ3) is 3.31. The molecule has 1 aromatic heterocycles. The van der Waals surface area contributed by atoms with Crippen molar-refractivity contribution in [1.29, 1.82) is 0 Å². The number of nitrogens with zero attached hydrogens (tertiary/aromatic N) is 1. The van der Waals surface area contributed by atoms with Crippen molar-refractivity contribution >= 4 is 79.4 Å². The number of thiocarbonyl (C=S) groups is 1. The first-order chi connectivity index (χ1) is 11.4. The molecular weight excluding hydrogens is 507 g/mol. The standard InChI is InChI=1S/C16H10BrIN2O3S/c1-8-6-9(17)2-4-12(8)20-15(22)11(14(21)19-16(20)24)7-10-3-5-13(18)23-10/h2-7H,1H3,(H,19,21,24)/b11-7+. The predicted molar refractivity (Wildman–Crippen MR) is 107 cm³/mol. The highest BCUT2D eigenvalue weighted by Crippen LogP contribution is 2.27. The second kappa shape index (κ2) is 6.77. The molecule has 1 aliphatic rings. The maximum atomic E-state index is 12.8. The molecule has 0 atom stereocenters. The minimum absolute atomic E-state index is 0.0309. The fourth-order valence-corrected chi connectivity index (χ4v) is 3.48. The van der Waals surface area contributed by atoms with Gasteiger partial charge in [-0.15, -0.1) is 0 Å². The van der Waals surface area contributed by atoms with Gasteiger partial charge in [-0.3, -0.25) is 19.8 Å². The van der Waals surface area contributed by atoms with E-state index >= 15 is 0 Å². The van der Waals surface area contributed by atoms with E-state index < -0.39 is 11.8 Å². The van der Waals surface area contributed by atoms with Gasteiger partial charge in [0.25, 0.3) is 11.8 Å². The Morgan fingerprint density at radius 3 is 2.67 bits per heavy atom. The summed E-state index contributed by atoms with van der Waals surface area (Å²) in [4.78, 5) is 26.3. The van der Waals surface area contributed by atoms with Crippen molar-refractivity contribution in [2.45, 2.75) is 6.92 Å². The minimum atomic E-state index is -0.539. The fourth-order valence-electron chi connectivity index (χ4n) is 2.29. The minimum Gasteiger partial charge on any atom is -0.451 e. The molecule has 2 amide bonds. The van der Waals surface area contributed by atoms with E-state index in [-0.39, 0.29) is 10.7 Å². The highest BCUT2D eigenvalue weighted by Gasteiger charge is 2.35. The first-order valence-electron chi connectivity index (χ1n) is 6.80. The van der Waals surface area contributed by atoms with Gasteiger partial charge in [0.2, 0.25) is 0 Å². The third-order valence-corrected chi connectivity index (χ3v) is 4.74. The van der Waals surface area contributed by atoms with Crippen LogP contribution in [0.5, 0.6) is 0 Å². The van der Waals surface area contributed by atoms with Crippen LogP contribution in [0.2, 0.25) is 0 Å². The number of nitrogens with one attached hydrogen (secondary N) is 1. The first kappa shape index (κ1) is 17.3. The lowest BCUT2D eigenvalue weighted by atomic mass is 10.1. The van der Waals surface area contributed by atoms with Crippen LogP contribution in [0.25, 0.3) is 6.08 Å². The number of carbonyl (C=O) groups is 2. The van der Waals surface area contributed by atoms with Crippen LogP contribution in [0.1, 0.15) is 11.3 Å². The van der Waals surface area contributed by atoms with E-state index in [2.05, 4.69) is 21.2 Å². The first-order valence-corrected chi connectivity index (χ1v) is 9.08. The maximum Gasteiger partial charge on any atom is 0.270 e. The van der Waals surface area contributed by atoms with Gasteiger partial charge < -0.3 is 4.42 Å². The van der Waals surface area contributed by atoms with Crippen LogP contribution in [0, 0.1) is 10.7 Å². The summed E-state index contributed by atoms with van der Waals surface area (Å²) in [5.74, 6) is -0.596. The number of carbonyl (C=O) groups excluding carboxylic acids is 2. The van der Waals surface area contributed by atoms with Crippen molar-refractivity contribution in [1.82, 2.24) is 5.32 Å². The summed E-state index contributed by atoms with van der Waals surface area (Å²) in [6, 6.07) is 8.90. The number of amides is 2. The van der Waals surface area contributed by atoms with Gasteiger partial charge in [-0.25, -0.2) is 0 Å². The van der Waals surface area contributed by atoms with Crippen molar-refractivity contribution in [3.8, 4) is 0 Å². The number of halogens is 2. The molecule has 0 spiro atoms. The largest absolute Gasteiger partial charge is 0.451 e. The highest BCUT2D eigenvalue weighted by molar-refractivity contribution is 14.1. The Bertz CT molecular complexity index is 906. The van der Waals surface area contributed by atoms with Crippen molar-refractivity contribution in [3.05, 3.63) is 55.5 Å². The fraction of sp³-hybridized carbons (Fsp3) is 0.0625. The summed E-state index contributed by atoms with van der Waals surface area (Å²) >= 11 is 10.6. The number of anilines is 1. The van der Waals surface area contributed by atoms with E-state index in [1.54, 1.807) is 18.2 Å². The van der Waals surface area contributed by atoms with Gasteiger partial charge >= 0.3 is 0 Å². The van der Waals surface area contributed by atoms with Gasteiger partial charge in [0.15, 0.2) is 8.88 Å². The van der Waals surface area contributed by atoms with Crippen LogP contribution < -0.4 is 10.2 Å². The van der Waals surface area contributed by atoms with Gasteiger partial charge in [0, 0.05) is 4.47 Å². The van der Waals surface area contributed by atoms with Crippen molar-refractivity contribution in [3.63, 3.8) is 0 Å². The normalized spacial score (nSPS) is 16.7. The summed E-state index contributed by atoms with van der Waals surface area (Å²) < 4.78 is 6.97. The molecule has 0 radical (unpaired) electrons. The summed E-state index contributed by atoms with van der Waals surface area (Å²) in [5.41, 5.74) is 1.44. The van der Waals surface area contributed by atoms with Crippen LogP contribution in [0.4, 0.5) is 5.69 Å². The second-order valence-corrected chi connectivity index (χ2v) is 7.40. The van der Waals surface area contributed by atoms with Crippen molar-refractivity contribution in [2.24, 2.45) is 0 Å². The van der Waals surface area contributed by atoms with Crippen LogP contribution in [-0.2, 0) is 9.59 Å². The zero-order valence-electron chi connectivity index (χ0n) is 12.3. The number of furan rings is 1. The summed E-state index contributed by atoms with van der Waals surface area (Å²) in [5, 5.41) is 2.61. The topological polar surface area (TPSA) is 62.6 Å². The molecule has 5 nitrogen and oxygen atoms in total. The zero-order valence-corrected chi connectivity index (χ0v) is 16.9. The number of benzene rings is 1. The number of rotatable bonds is 2. The summed E-state index contributed by atoms with van der Waals surface area (Å²) in [6.07, 6.45) is 1.42. The van der Waals surface area contributed by atoms with Crippen LogP contribution in [0.15, 0.2) is 44.8 Å². The van der Waals surface area contributed by atoms with E-state index in [1.165, 1.54) is 11.0 Å². The molecule has 1 aliphatic heterocycles. The number of hydrogen-bond donors (Lipinski definition) is 1. The number of hydrogen-bond acceptors (Lipinski definition) is 4. The molecule has 1 N–H and O–H groups in total. The summed E-state index contributed by atoms with van der Waals surface area (Å²) in [6.45, 7) is 1.87. The molecule has 1 saturated heterocycles. The monoisotopic (exact) mass is 516 g/mol. The smallest absolute Gasteiger partial charge is 0.270 e. The Hall–Kier alpha value is -1.52. The molecule has 1 aromatic carbocycles.